The van der Waals surface area contributed by atoms with E-state index in [0.717, 1.165) is 10.9 Å². The van der Waals surface area contributed by atoms with Gasteiger partial charge in [-0.1, -0.05) is 6.07 Å². The van der Waals surface area contributed by atoms with Gasteiger partial charge in [0.25, 0.3) is 5.91 Å². The summed E-state index contributed by atoms with van der Waals surface area (Å²) >= 11 is 0. The molecule has 1 aromatic heterocycles. The molecule has 1 unspecified atom stereocenters. The molecule has 2 heterocycles. The fourth-order valence-corrected chi connectivity index (χ4v) is 4.51. The average molecular weight is 292 g/mol. The van der Waals surface area contributed by atoms with Crippen LogP contribution in [0.2, 0.25) is 0 Å². The first-order valence-electron chi connectivity index (χ1n) is 6.60. The Morgan fingerprint density at radius 2 is 2.20 bits per heavy atom. The van der Waals surface area contributed by atoms with Gasteiger partial charge in [0, 0.05) is 29.2 Å². The van der Waals surface area contributed by atoms with Crippen LogP contribution < -0.4 is 5.32 Å². The molecule has 6 heteroatoms. The third-order valence-electron chi connectivity index (χ3n) is 3.72. The van der Waals surface area contributed by atoms with E-state index in [-0.39, 0.29) is 23.3 Å². The smallest absolute Gasteiger partial charge is 0.251 e. The van der Waals surface area contributed by atoms with Gasteiger partial charge in [0.15, 0.2) is 9.84 Å². The minimum absolute atomic E-state index is 0.0365. The van der Waals surface area contributed by atoms with Crippen molar-refractivity contribution < 1.29 is 13.2 Å². The highest BCUT2D eigenvalue weighted by atomic mass is 32.2. The minimum atomic E-state index is -2.89. The molecule has 0 aliphatic carbocycles. The predicted octanol–water partition coefficient (Wildman–Crippen LogP) is 1.33. The summed E-state index contributed by atoms with van der Waals surface area (Å²) in [5, 5.41) is 3.72. The standard InChI is InChI=1S/C14H16N2O3S/c17-14(16-8-10-5-7-20(18,19)9-10)12-2-1-3-13-11(12)4-6-15-13/h1-4,6,10,15H,5,7-9H2,(H,16,17). The summed E-state index contributed by atoms with van der Waals surface area (Å²) in [4.78, 5) is 15.3. The molecule has 3 rings (SSSR count). The third kappa shape index (κ3) is 2.56. The predicted molar refractivity (Wildman–Crippen MR) is 77.4 cm³/mol. The Bertz CT molecular complexity index is 749. The molecule has 0 radical (unpaired) electrons. The Balaban J connectivity index is 1.69. The number of aromatic nitrogens is 1. The molecule has 1 saturated heterocycles. The molecule has 2 aromatic rings. The Hall–Kier alpha value is -1.82. The van der Waals surface area contributed by atoms with Gasteiger partial charge >= 0.3 is 0 Å². The highest BCUT2D eigenvalue weighted by molar-refractivity contribution is 7.91. The lowest BCUT2D eigenvalue weighted by Gasteiger charge is -2.10. The zero-order chi connectivity index (χ0) is 14.2. The van der Waals surface area contributed by atoms with Crippen LogP contribution in [-0.4, -0.2) is 37.4 Å². The molecule has 5 nitrogen and oxygen atoms in total. The number of carbonyl (C=O) groups excluding carboxylic acids is 1. The van der Waals surface area contributed by atoms with Gasteiger partial charge in [0.2, 0.25) is 0 Å². The number of hydrogen-bond acceptors (Lipinski definition) is 3. The van der Waals surface area contributed by atoms with Crippen LogP contribution in [0.5, 0.6) is 0 Å². The van der Waals surface area contributed by atoms with Crippen molar-refractivity contribution in [2.45, 2.75) is 6.42 Å². The summed E-state index contributed by atoms with van der Waals surface area (Å²) in [6.45, 7) is 0.416. The van der Waals surface area contributed by atoms with E-state index >= 15 is 0 Å². The topological polar surface area (TPSA) is 79.0 Å². The van der Waals surface area contributed by atoms with Crippen molar-refractivity contribution in [3.8, 4) is 0 Å². The lowest BCUT2D eigenvalue weighted by Crippen LogP contribution is -2.29. The summed E-state index contributed by atoms with van der Waals surface area (Å²) in [7, 11) is -2.89. The van der Waals surface area contributed by atoms with Crippen molar-refractivity contribution in [3.63, 3.8) is 0 Å². The molecule has 2 N–H and O–H groups in total. The van der Waals surface area contributed by atoms with Gasteiger partial charge in [-0.3, -0.25) is 4.79 Å². The normalized spacial score (nSPS) is 21.1. The summed E-state index contributed by atoms with van der Waals surface area (Å²) in [5.41, 5.74) is 1.53. The molecular formula is C14H16N2O3S. The maximum absolute atomic E-state index is 12.2. The number of rotatable bonds is 3. The maximum Gasteiger partial charge on any atom is 0.251 e. The van der Waals surface area contributed by atoms with Crippen molar-refractivity contribution in [2.24, 2.45) is 5.92 Å². The van der Waals surface area contributed by atoms with E-state index in [9.17, 15) is 13.2 Å². The van der Waals surface area contributed by atoms with Crippen molar-refractivity contribution in [2.75, 3.05) is 18.1 Å². The first kappa shape index (κ1) is 13.2. The van der Waals surface area contributed by atoms with Crippen LogP contribution in [0.3, 0.4) is 0 Å². The number of carbonyl (C=O) groups is 1. The summed E-state index contributed by atoms with van der Waals surface area (Å²) in [5.74, 6) is 0.302. The summed E-state index contributed by atoms with van der Waals surface area (Å²) in [6, 6.07) is 7.38. The van der Waals surface area contributed by atoms with E-state index in [1.165, 1.54) is 0 Å². The molecular weight excluding hydrogens is 276 g/mol. The summed E-state index contributed by atoms with van der Waals surface area (Å²) in [6.07, 6.45) is 2.43. The first-order chi connectivity index (χ1) is 9.55. The van der Waals surface area contributed by atoms with Gasteiger partial charge in [-0.2, -0.15) is 0 Å². The number of hydrogen-bond donors (Lipinski definition) is 2. The Morgan fingerprint density at radius 3 is 2.95 bits per heavy atom. The van der Waals surface area contributed by atoms with Crippen LogP contribution in [0, 0.1) is 5.92 Å². The van der Waals surface area contributed by atoms with E-state index < -0.39 is 9.84 Å². The number of benzene rings is 1. The van der Waals surface area contributed by atoms with Crippen LogP contribution in [-0.2, 0) is 9.84 Å². The number of amides is 1. The van der Waals surface area contributed by atoms with Gasteiger partial charge in [-0.05, 0) is 30.5 Å². The summed E-state index contributed by atoms with van der Waals surface area (Å²) < 4.78 is 22.8. The fraction of sp³-hybridized carbons (Fsp3) is 0.357. The SMILES string of the molecule is O=C(NCC1CCS(=O)(=O)C1)c1cccc2[nH]ccc12. The van der Waals surface area contributed by atoms with E-state index in [1.54, 1.807) is 12.3 Å². The molecule has 0 saturated carbocycles. The molecule has 1 amide bonds. The van der Waals surface area contributed by atoms with Gasteiger partial charge < -0.3 is 10.3 Å². The Morgan fingerprint density at radius 1 is 1.35 bits per heavy atom. The quantitative estimate of drug-likeness (QED) is 0.896. The second-order valence-electron chi connectivity index (χ2n) is 5.22. The molecule has 0 spiro atoms. The average Bonchev–Trinajstić information content (AvgIpc) is 3.01. The van der Waals surface area contributed by atoms with Crippen molar-refractivity contribution in [3.05, 3.63) is 36.0 Å². The number of sulfone groups is 1. The molecule has 1 aromatic carbocycles. The first-order valence-corrected chi connectivity index (χ1v) is 8.42. The van der Waals surface area contributed by atoms with Gasteiger partial charge in [0.1, 0.15) is 0 Å². The molecule has 1 aliphatic rings. The third-order valence-corrected chi connectivity index (χ3v) is 5.55. The lowest BCUT2D eigenvalue weighted by atomic mass is 10.1. The highest BCUT2D eigenvalue weighted by Gasteiger charge is 2.28. The number of fused-ring (bicyclic) bond motifs is 1. The van der Waals surface area contributed by atoms with Crippen LogP contribution in [0.15, 0.2) is 30.5 Å². The van der Waals surface area contributed by atoms with E-state index in [1.807, 2.05) is 18.2 Å². The molecule has 1 aliphatic heterocycles. The van der Waals surface area contributed by atoms with Crippen LogP contribution in [0.1, 0.15) is 16.8 Å². The largest absolute Gasteiger partial charge is 0.361 e. The minimum Gasteiger partial charge on any atom is -0.361 e. The van der Waals surface area contributed by atoms with Gasteiger partial charge in [0.05, 0.1) is 11.5 Å². The van der Waals surface area contributed by atoms with E-state index in [4.69, 9.17) is 0 Å². The number of aromatic amines is 1. The molecule has 20 heavy (non-hydrogen) atoms. The molecule has 1 fully saturated rings. The zero-order valence-corrected chi connectivity index (χ0v) is 11.7. The number of nitrogens with one attached hydrogen (secondary N) is 2. The van der Waals surface area contributed by atoms with Crippen LogP contribution >= 0.6 is 0 Å². The molecule has 0 bridgehead atoms. The molecule has 106 valence electrons. The van der Waals surface area contributed by atoms with Crippen molar-refractivity contribution >= 4 is 26.6 Å². The van der Waals surface area contributed by atoms with Crippen LogP contribution in [0.25, 0.3) is 10.9 Å². The Labute approximate surface area is 117 Å². The maximum atomic E-state index is 12.2. The van der Waals surface area contributed by atoms with E-state index in [0.29, 0.717) is 18.5 Å². The Kier molecular flexibility index (Phi) is 3.25. The van der Waals surface area contributed by atoms with Gasteiger partial charge in [-0.15, -0.1) is 0 Å². The highest BCUT2D eigenvalue weighted by Crippen LogP contribution is 2.19. The van der Waals surface area contributed by atoms with E-state index in [2.05, 4.69) is 10.3 Å². The second-order valence-corrected chi connectivity index (χ2v) is 7.45. The monoisotopic (exact) mass is 292 g/mol. The van der Waals surface area contributed by atoms with Crippen molar-refractivity contribution in [1.82, 2.24) is 10.3 Å². The second kappa shape index (κ2) is 4.94. The fourth-order valence-electron chi connectivity index (χ4n) is 2.65. The van der Waals surface area contributed by atoms with Gasteiger partial charge in [-0.25, -0.2) is 8.42 Å². The lowest BCUT2D eigenvalue weighted by molar-refractivity contribution is 0.0950. The number of H-pyrrole nitrogens is 1. The molecule has 1 atom stereocenters. The van der Waals surface area contributed by atoms with Crippen LogP contribution in [0.4, 0.5) is 0 Å². The zero-order valence-electron chi connectivity index (χ0n) is 10.9. The van der Waals surface area contributed by atoms with Crippen molar-refractivity contribution in [1.29, 1.82) is 0 Å².